The summed E-state index contributed by atoms with van der Waals surface area (Å²) in [5.74, 6) is 0. The SMILES string of the molecule is [B]C1(OS)CCCCCCC1. The fourth-order valence-corrected chi connectivity index (χ4v) is 1.78. The highest BCUT2D eigenvalue weighted by Gasteiger charge is 2.23. The molecule has 2 radical (unpaired) electrons. The maximum atomic E-state index is 5.93. The maximum Gasteiger partial charge on any atom is 0.115 e. The van der Waals surface area contributed by atoms with Gasteiger partial charge in [-0.25, -0.2) is 0 Å². The average Bonchev–Trinajstić information content (AvgIpc) is 1.98. The van der Waals surface area contributed by atoms with E-state index in [1.54, 1.807) is 0 Å². The summed E-state index contributed by atoms with van der Waals surface area (Å²) in [6, 6.07) is 0. The second-order valence-corrected chi connectivity index (χ2v) is 3.61. The van der Waals surface area contributed by atoms with Crippen LogP contribution in [0, 0.1) is 0 Å². The number of hydrogen-bond acceptors (Lipinski definition) is 2. The van der Waals surface area contributed by atoms with Crippen molar-refractivity contribution in [3.8, 4) is 0 Å². The van der Waals surface area contributed by atoms with Gasteiger partial charge in [0.2, 0.25) is 0 Å². The molecular weight excluding hydrogens is 155 g/mol. The highest BCUT2D eigenvalue weighted by molar-refractivity contribution is 7.75. The molecule has 3 heteroatoms. The first kappa shape index (κ1) is 9.46. The molecule has 1 aliphatic carbocycles. The zero-order valence-corrected chi connectivity index (χ0v) is 7.78. The zero-order valence-electron chi connectivity index (χ0n) is 6.88. The summed E-state index contributed by atoms with van der Waals surface area (Å²) in [5.41, 5.74) is -0.441. The van der Waals surface area contributed by atoms with Gasteiger partial charge in [-0.15, -0.1) is 0 Å². The lowest BCUT2D eigenvalue weighted by molar-refractivity contribution is 0.156. The molecule has 1 rings (SSSR count). The topological polar surface area (TPSA) is 9.23 Å². The number of rotatable bonds is 1. The molecule has 0 aliphatic heterocycles. The Morgan fingerprint density at radius 2 is 1.45 bits per heavy atom. The van der Waals surface area contributed by atoms with Gasteiger partial charge < -0.3 is 4.18 Å². The van der Waals surface area contributed by atoms with Crippen LogP contribution in [0.5, 0.6) is 0 Å². The number of thiol groups is 1. The van der Waals surface area contributed by atoms with Crippen LogP contribution in [-0.2, 0) is 4.18 Å². The van der Waals surface area contributed by atoms with Crippen LogP contribution in [0.4, 0.5) is 0 Å². The van der Waals surface area contributed by atoms with E-state index in [4.69, 9.17) is 12.0 Å². The van der Waals surface area contributed by atoms with E-state index in [9.17, 15) is 0 Å². The Kier molecular flexibility index (Phi) is 3.80. The zero-order chi connectivity index (χ0) is 8.16. The monoisotopic (exact) mass is 170 g/mol. The molecule has 0 bridgehead atoms. The lowest BCUT2D eigenvalue weighted by Crippen LogP contribution is -2.30. The molecule has 0 heterocycles. The molecule has 0 aromatic carbocycles. The van der Waals surface area contributed by atoms with Crippen LogP contribution in [-0.4, -0.2) is 13.3 Å². The van der Waals surface area contributed by atoms with E-state index in [1.807, 2.05) is 0 Å². The Bertz CT molecular complexity index is 111. The van der Waals surface area contributed by atoms with Gasteiger partial charge in [0.05, 0.1) is 0 Å². The van der Waals surface area contributed by atoms with Crippen molar-refractivity contribution in [2.24, 2.45) is 0 Å². The molecule has 11 heavy (non-hydrogen) atoms. The van der Waals surface area contributed by atoms with E-state index >= 15 is 0 Å². The minimum atomic E-state index is -0.441. The van der Waals surface area contributed by atoms with Gasteiger partial charge in [0.25, 0.3) is 0 Å². The van der Waals surface area contributed by atoms with Crippen LogP contribution in [0.1, 0.15) is 44.9 Å². The Labute approximate surface area is 75.9 Å². The van der Waals surface area contributed by atoms with Gasteiger partial charge in [0.1, 0.15) is 7.85 Å². The maximum absolute atomic E-state index is 5.93. The molecule has 0 aromatic heterocycles. The van der Waals surface area contributed by atoms with Crippen LogP contribution < -0.4 is 0 Å². The Morgan fingerprint density at radius 1 is 1.00 bits per heavy atom. The van der Waals surface area contributed by atoms with Crippen molar-refractivity contribution in [3.05, 3.63) is 0 Å². The second kappa shape index (κ2) is 4.41. The molecular formula is C8H15BOS. The van der Waals surface area contributed by atoms with Gasteiger partial charge in [-0.3, -0.25) is 0 Å². The molecule has 0 aromatic rings. The van der Waals surface area contributed by atoms with E-state index in [0.29, 0.717) is 0 Å². The first-order valence-corrected chi connectivity index (χ1v) is 4.75. The van der Waals surface area contributed by atoms with Crippen molar-refractivity contribution >= 4 is 20.8 Å². The van der Waals surface area contributed by atoms with Crippen molar-refractivity contribution in [1.82, 2.24) is 0 Å². The largest absolute Gasteiger partial charge is 0.322 e. The average molecular weight is 170 g/mol. The lowest BCUT2D eigenvalue weighted by atomic mass is 9.72. The molecule has 0 atom stereocenters. The number of hydrogen-bond donors (Lipinski definition) is 1. The summed E-state index contributed by atoms with van der Waals surface area (Å²) in [7, 11) is 5.93. The predicted molar refractivity (Wildman–Crippen MR) is 50.9 cm³/mol. The van der Waals surface area contributed by atoms with Gasteiger partial charge in [-0.05, 0) is 25.8 Å². The van der Waals surface area contributed by atoms with E-state index in [0.717, 1.165) is 12.8 Å². The predicted octanol–water partition coefficient (Wildman–Crippen LogP) is 2.46. The van der Waals surface area contributed by atoms with Crippen LogP contribution in [0.2, 0.25) is 0 Å². The highest BCUT2D eigenvalue weighted by Crippen LogP contribution is 2.27. The summed E-state index contributed by atoms with van der Waals surface area (Å²) in [6.07, 6.45) is 8.19. The molecule has 1 saturated carbocycles. The third kappa shape index (κ3) is 3.08. The Hall–Kier alpha value is 0.375. The lowest BCUT2D eigenvalue weighted by Gasteiger charge is -2.29. The molecule has 0 spiro atoms. The van der Waals surface area contributed by atoms with Crippen molar-refractivity contribution in [2.45, 2.75) is 50.4 Å². The minimum absolute atomic E-state index is 0.441. The van der Waals surface area contributed by atoms with Gasteiger partial charge in [-0.1, -0.05) is 32.1 Å². The molecule has 0 unspecified atom stereocenters. The van der Waals surface area contributed by atoms with Gasteiger partial charge in [0.15, 0.2) is 0 Å². The molecule has 0 N–H and O–H groups in total. The molecule has 1 nitrogen and oxygen atoms in total. The molecule has 1 aliphatic rings. The summed E-state index contributed by atoms with van der Waals surface area (Å²) in [4.78, 5) is 0. The van der Waals surface area contributed by atoms with E-state index in [1.165, 1.54) is 32.1 Å². The summed E-state index contributed by atoms with van der Waals surface area (Å²) in [6.45, 7) is 0. The van der Waals surface area contributed by atoms with Crippen LogP contribution in [0.3, 0.4) is 0 Å². The molecule has 0 amide bonds. The van der Waals surface area contributed by atoms with E-state index in [-0.39, 0.29) is 0 Å². The van der Waals surface area contributed by atoms with Crippen molar-refractivity contribution < 1.29 is 4.18 Å². The first-order valence-electron chi connectivity index (χ1n) is 4.38. The van der Waals surface area contributed by atoms with Crippen LogP contribution >= 0.6 is 12.9 Å². The Balaban J connectivity index is 2.37. The van der Waals surface area contributed by atoms with Gasteiger partial charge in [-0.2, -0.15) is 0 Å². The van der Waals surface area contributed by atoms with Crippen LogP contribution in [0.15, 0.2) is 0 Å². The molecule has 62 valence electrons. The van der Waals surface area contributed by atoms with E-state index < -0.39 is 5.50 Å². The van der Waals surface area contributed by atoms with Gasteiger partial charge >= 0.3 is 0 Å². The van der Waals surface area contributed by atoms with Crippen LogP contribution in [0.25, 0.3) is 0 Å². The second-order valence-electron chi connectivity index (χ2n) is 3.42. The minimum Gasteiger partial charge on any atom is -0.322 e. The quantitative estimate of drug-likeness (QED) is 0.361. The third-order valence-electron chi connectivity index (χ3n) is 2.38. The third-order valence-corrected chi connectivity index (χ3v) is 2.75. The standard InChI is InChI=1S/C8H15BOS/c9-8(10-11)6-4-2-1-3-5-7-8/h11H,1-7H2. The van der Waals surface area contributed by atoms with Gasteiger partial charge in [0, 0.05) is 5.50 Å². The van der Waals surface area contributed by atoms with Crippen molar-refractivity contribution in [3.63, 3.8) is 0 Å². The summed E-state index contributed by atoms with van der Waals surface area (Å²) < 4.78 is 4.99. The Morgan fingerprint density at radius 3 is 1.91 bits per heavy atom. The normalized spacial score (nSPS) is 25.5. The highest BCUT2D eigenvalue weighted by atomic mass is 32.1. The molecule has 1 fully saturated rings. The fraction of sp³-hybridized carbons (Fsp3) is 1.00. The summed E-state index contributed by atoms with van der Waals surface area (Å²) >= 11 is 3.81. The van der Waals surface area contributed by atoms with E-state index in [2.05, 4.69) is 12.9 Å². The molecule has 0 saturated heterocycles. The summed E-state index contributed by atoms with van der Waals surface area (Å²) in [5, 5.41) is 0. The van der Waals surface area contributed by atoms with Crippen molar-refractivity contribution in [2.75, 3.05) is 0 Å². The first-order chi connectivity index (χ1) is 5.27. The fourth-order valence-electron chi connectivity index (χ4n) is 1.60. The smallest absolute Gasteiger partial charge is 0.115 e. The van der Waals surface area contributed by atoms with Crippen molar-refractivity contribution in [1.29, 1.82) is 0 Å².